The molecule has 0 aliphatic carbocycles. The summed E-state index contributed by atoms with van der Waals surface area (Å²) in [5.41, 5.74) is 2.20. The minimum atomic E-state index is -0.182. The van der Waals surface area contributed by atoms with Gasteiger partial charge < -0.3 is 20.7 Å². The van der Waals surface area contributed by atoms with E-state index in [1.165, 1.54) is 6.33 Å². The van der Waals surface area contributed by atoms with Crippen LogP contribution in [0.15, 0.2) is 29.6 Å². The van der Waals surface area contributed by atoms with E-state index in [1.54, 1.807) is 13.1 Å². The molecule has 9 heteroatoms. The SMILES string of the molecule is CC(=Nc1c(C)ncnc1Nc1cccnc1OC(C)C)C(=O)NCC1CCNCC1. The zero-order valence-electron chi connectivity index (χ0n) is 18.6. The van der Waals surface area contributed by atoms with E-state index in [0.717, 1.165) is 25.9 Å². The number of aliphatic imine (C=N–C) groups is 1. The van der Waals surface area contributed by atoms with Crippen LogP contribution >= 0.6 is 0 Å². The summed E-state index contributed by atoms with van der Waals surface area (Å²) in [4.78, 5) is 30.0. The third kappa shape index (κ3) is 6.45. The molecule has 0 unspecified atom stereocenters. The summed E-state index contributed by atoms with van der Waals surface area (Å²) in [5.74, 6) is 1.28. The summed E-state index contributed by atoms with van der Waals surface area (Å²) < 4.78 is 5.78. The average Bonchev–Trinajstić information content (AvgIpc) is 2.76. The van der Waals surface area contributed by atoms with Crippen LogP contribution in [0.2, 0.25) is 0 Å². The van der Waals surface area contributed by atoms with Crippen molar-refractivity contribution in [2.45, 2.75) is 46.6 Å². The first-order chi connectivity index (χ1) is 14.9. The van der Waals surface area contributed by atoms with Crippen molar-refractivity contribution in [1.82, 2.24) is 25.6 Å². The van der Waals surface area contributed by atoms with Crippen molar-refractivity contribution in [2.75, 3.05) is 25.0 Å². The van der Waals surface area contributed by atoms with E-state index < -0.39 is 0 Å². The number of nitrogens with zero attached hydrogens (tertiary/aromatic N) is 4. The maximum atomic E-state index is 12.6. The Bertz CT molecular complexity index is 924. The molecular formula is C22H31N7O2. The number of nitrogens with one attached hydrogen (secondary N) is 3. The van der Waals surface area contributed by atoms with Crippen LogP contribution in [0.25, 0.3) is 0 Å². The number of aromatic nitrogens is 3. The van der Waals surface area contributed by atoms with Gasteiger partial charge in [0.15, 0.2) is 5.82 Å². The molecule has 1 saturated heterocycles. The molecule has 166 valence electrons. The predicted octanol–water partition coefficient (Wildman–Crippen LogP) is 2.92. The van der Waals surface area contributed by atoms with Crippen molar-refractivity contribution in [3.63, 3.8) is 0 Å². The van der Waals surface area contributed by atoms with Crippen LogP contribution in [-0.2, 0) is 4.79 Å². The van der Waals surface area contributed by atoms with Crippen LogP contribution in [0.4, 0.5) is 17.2 Å². The zero-order chi connectivity index (χ0) is 22.2. The number of aryl methyl sites for hydroxylation is 1. The van der Waals surface area contributed by atoms with Gasteiger partial charge in [0.25, 0.3) is 5.91 Å². The zero-order valence-corrected chi connectivity index (χ0v) is 18.6. The fourth-order valence-corrected chi connectivity index (χ4v) is 3.29. The van der Waals surface area contributed by atoms with Gasteiger partial charge >= 0.3 is 0 Å². The van der Waals surface area contributed by atoms with Gasteiger partial charge in [0, 0.05) is 12.7 Å². The first-order valence-electron chi connectivity index (χ1n) is 10.7. The van der Waals surface area contributed by atoms with Gasteiger partial charge in [-0.15, -0.1) is 0 Å². The maximum absolute atomic E-state index is 12.6. The molecule has 0 radical (unpaired) electrons. The molecule has 31 heavy (non-hydrogen) atoms. The third-order valence-corrected chi connectivity index (χ3v) is 4.99. The van der Waals surface area contributed by atoms with Gasteiger partial charge in [-0.1, -0.05) is 0 Å². The Morgan fingerprint density at radius 1 is 1.29 bits per heavy atom. The minimum absolute atomic E-state index is 0.0223. The number of amides is 1. The fourth-order valence-electron chi connectivity index (χ4n) is 3.29. The maximum Gasteiger partial charge on any atom is 0.265 e. The highest BCUT2D eigenvalue weighted by atomic mass is 16.5. The summed E-state index contributed by atoms with van der Waals surface area (Å²) in [6.07, 6.45) is 5.25. The Morgan fingerprint density at radius 2 is 2.06 bits per heavy atom. The molecule has 2 aromatic heterocycles. The molecule has 1 amide bonds. The Kier molecular flexibility index (Phi) is 7.88. The lowest BCUT2D eigenvalue weighted by Gasteiger charge is -2.22. The Balaban J connectivity index is 1.77. The summed E-state index contributed by atoms with van der Waals surface area (Å²) in [6.45, 7) is 10.1. The van der Waals surface area contributed by atoms with Gasteiger partial charge in [0.1, 0.15) is 23.4 Å². The van der Waals surface area contributed by atoms with E-state index in [-0.39, 0.29) is 12.0 Å². The second-order valence-electron chi connectivity index (χ2n) is 7.90. The summed E-state index contributed by atoms with van der Waals surface area (Å²) in [7, 11) is 0. The molecule has 0 aromatic carbocycles. The van der Waals surface area contributed by atoms with Crippen LogP contribution in [0.3, 0.4) is 0 Å². The van der Waals surface area contributed by atoms with E-state index in [2.05, 4.69) is 35.9 Å². The van der Waals surface area contributed by atoms with E-state index >= 15 is 0 Å². The van der Waals surface area contributed by atoms with Crippen molar-refractivity contribution < 1.29 is 9.53 Å². The predicted molar refractivity (Wildman–Crippen MR) is 121 cm³/mol. The number of hydrogen-bond donors (Lipinski definition) is 3. The lowest BCUT2D eigenvalue weighted by molar-refractivity contribution is -0.115. The third-order valence-electron chi connectivity index (χ3n) is 4.99. The number of rotatable bonds is 8. The van der Waals surface area contributed by atoms with Crippen LogP contribution < -0.4 is 20.7 Å². The Hall–Kier alpha value is -3.07. The molecule has 3 heterocycles. The molecule has 1 aliphatic heterocycles. The summed E-state index contributed by atoms with van der Waals surface area (Å²) in [6, 6.07) is 3.67. The van der Waals surface area contributed by atoms with Gasteiger partial charge in [0.05, 0.1) is 11.8 Å². The van der Waals surface area contributed by atoms with Gasteiger partial charge in [-0.25, -0.2) is 19.9 Å². The highest BCUT2D eigenvalue weighted by Gasteiger charge is 2.17. The fraction of sp³-hybridized carbons (Fsp3) is 0.500. The van der Waals surface area contributed by atoms with E-state index in [1.807, 2.05) is 32.9 Å². The van der Waals surface area contributed by atoms with Crippen LogP contribution in [0, 0.1) is 12.8 Å². The molecule has 1 fully saturated rings. The number of ether oxygens (including phenoxy) is 1. The van der Waals surface area contributed by atoms with Gasteiger partial charge in [-0.2, -0.15) is 0 Å². The van der Waals surface area contributed by atoms with E-state index in [0.29, 0.717) is 46.9 Å². The summed E-state index contributed by atoms with van der Waals surface area (Å²) >= 11 is 0. The van der Waals surface area contributed by atoms with Crippen LogP contribution in [0.1, 0.15) is 39.3 Å². The highest BCUT2D eigenvalue weighted by molar-refractivity contribution is 6.38. The van der Waals surface area contributed by atoms with Crippen LogP contribution in [0.5, 0.6) is 5.88 Å². The van der Waals surface area contributed by atoms with Gasteiger partial charge in [-0.05, 0) is 71.7 Å². The molecule has 3 rings (SSSR count). The largest absolute Gasteiger partial charge is 0.473 e. The number of carbonyl (C=O) groups excluding carboxylic acids is 1. The van der Waals surface area contributed by atoms with Crippen molar-refractivity contribution in [3.8, 4) is 5.88 Å². The number of hydrogen-bond acceptors (Lipinski definition) is 8. The topological polar surface area (TPSA) is 113 Å². The van der Waals surface area contributed by atoms with Crippen molar-refractivity contribution in [2.24, 2.45) is 10.9 Å². The number of piperidine rings is 1. The molecule has 9 nitrogen and oxygen atoms in total. The highest BCUT2D eigenvalue weighted by Crippen LogP contribution is 2.31. The Morgan fingerprint density at radius 3 is 2.81 bits per heavy atom. The lowest BCUT2D eigenvalue weighted by atomic mass is 9.98. The molecule has 0 bridgehead atoms. The van der Waals surface area contributed by atoms with Crippen LogP contribution in [-0.4, -0.2) is 52.3 Å². The molecule has 1 aliphatic rings. The van der Waals surface area contributed by atoms with Gasteiger partial charge in [0.2, 0.25) is 5.88 Å². The first kappa shape index (κ1) is 22.6. The second-order valence-corrected chi connectivity index (χ2v) is 7.90. The average molecular weight is 426 g/mol. The van der Waals surface area contributed by atoms with E-state index in [9.17, 15) is 4.79 Å². The summed E-state index contributed by atoms with van der Waals surface area (Å²) in [5, 5.41) is 9.57. The Labute approximate surface area is 183 Å². The molecule has 0 saturated carbocycles. The van der Waals surface area contributed by atoms with Crippen molar-refractivity contribution >= 4 is 28.8 Å². The second kappa shape index (κ2) is 10.8. The van der Waals surface area contributed by atoms with Gasteiger partial charge in [-0.3, -0.25) is 4.79 Å². The standard InChI is InChI=1S/C22H31N7O2/c1-14(2)31-22-18(6-5-9-24-22)29-20-19(15(3)26-13-27-20)28-16(4)21(30)25-12-17-7-10-23-11-8-17/h5-6,9,13-14,17,23H,7-8,10-12H2,1-4H3,(H,25,30)(H,26,27,29). The molecule has 3 N–H and O–H groups in total. The van der Waals surface area contributed by atoms with Crippen molar-refractivity contribution in [1.29, 1.82) is 0 Å². The number of carbonyl (C=O) groups is 1. The van der Waals surface area contributed by atoms with E-state index in [4.69, 9.17) is 4.74 Å². The van der Waals surface area contributed by atoms with Crippen molar-refractivity contribution in [3.05, 3.63) is 30.4 Å². The number of anilines is 2. The monoisotopic (exact) mass is 425 g/mol. The quantitative estimate of drug-likeness (QED) is 0.557. The molecule has 0 spiro atoms. The smallest absolute Gasteiger partial charge is 0.265 e. The molecular weight excluding hydrogens is 394 g/mol. The minimum Gasteiger partial charge on any atom is -0.473 e. The lowest BCUT2D eigenvalue weighted by Crippen LogP contribution is -2.38. The normalized spacial score (nSPS) is 15.1. The molecule has 2 aromatic rings. The first-order valence-corrected chi connectivity index (χ1v) is 10.7. The number of pyridine rings is 1. The molecule has 0 atom stereocenters.